The van der Waals surface area contributed by atoms with Crippen LogP contribution in [-0.4, -0.2) is 55.9 Å². The van der Waals surface area contributed by atoms with Crippen molar-refractivity contribution < 1.29 is 9.84 Å². The molecule has 1 aromatic carbocycles. The minimum atomic E-state index is 0.222. The Labute approximate surface area is 114 Å². The molecule has 19 heavy (non-hydrogen) atoms. The van der Waals surface area contributed by atoms with Crippen LogP contribution in [0.1, 0.15) is 6.92 Å². The van der Waals surface area contributed by atoms with Gasteiger partial charge in [0.15, 0.2) is 0 Å². The number of aliphatic hydroxyl groups is 1. The summed E-state index contributed by atoms with van der Waals surface area (Å²) in [5, 5.41) is 9.03. The fourth-order valence-corrected chi connectivity index (χ4v) is 2.59. The molecule has 0 saturated carbocycles. The number of hydrogen-bond acceptors (Lipinski definition) is 5. The molecule has 0 spiro atoms. The monoisotopic (exact) mass is 265 g/mol. The van der Waals surface area contributed by atoms with Gasteiger partial charge in [-0.2, -0.15) is 0 Å². The maximum absolute atomic E-state index is 9.03. The standard InChI is InChI=1S/C14H23N3O2/c1-11-10-17(6-5-16(11)7-8-18)12-3-4-13(15)14(9-12)19-2/h3-4,9,11,18H,5-8,10,15H2,1-2H3/t11-/m0/s1. The van der Waals surface area contributed by atoms with Crippen molar-refractivity contribution in [1.82, 2.24) is 4.90 Å². The summed E-state index contributed by atoms with van der Waals surface area (Å²) >= 11 is 0. The number of methoxy groups -OCH3 is 1. The molecule has 1 aliphatic rings. The summed E-state index contributed by atoms with van der Waals surface area (Å²) in [5.41, 5.74) is 7.64. The van der Waals surface area contributed by atoms with Crippen LogP contribution in [0.5, 0.6) is 5.75 Å². The minimum absolute atomic E-state index is 0.222. The highest BCUT2D eigenvalue weighted by Crippen LogP contribution is 2.28. The summed E-state index contributed by atoms with van der Waals surface area (Å²) in [6.45, 7) is 6.04. The van der Waals surface area contributed by atoms with Crippen LogP contribution in [-0.2, 0) is 0 Å². The van der Waals surface area contributed by atoms with Crippen LogP contribution in [0.3, 0.4) is 0 Å². The third kappa shape index (κ3) is 3.11. The lowest BCUT2D eigenvalue weighted by Gasteiger charge is -2.40. The average Bonchev–Trinajstić information content (AvgIpc) is 2.42. The molecular formula is C14H23N3O2. The Morgan fingerprint density at radius 2 is 2.21 bits per heavy atom. The van der Waals surface area contributed by atoms with Gasteiger partial charge in [-0.3, -0.25) is 4.90 Å². The Bertz CT molecular complexity index is 425. The van der Waals surface area contributed by atoms with E-state index in [0.29, 0.717) is 11.7 Å². The van der Waals surface area contributed by atoms with Crippen molar-refractivity contribution in [2.45, 2.75) is 13.0 Å². The Hall–Kier alpha value is -1.46. The van der Waals surface area contributed by atoms with Crippen molar-refractivity contribution in [3.8, 4) is 5.75 Å². The number of ether oxygens (including phenoxy) is 1. The second-order valence-electron chi connectivity index (χ2n) is 4.98. The molecule has 1 atom stereocenters. The number of rotatable bonds is 4. The topological polar surface area (TPSA) is 62.0 Å². The van der Waals surface area contributed by atoms with Gasteiger partial charge in [-0.25, -0.2) is 0 Å². The molecule has 0 unspecified atom stereocenters. The maximum atomic E-state index is 9.03. The number of nitrogens with two attached hydrogens (primary N) is 1. The molecule has 0 aromatic heterocycles. The molecule has 0 amide bonds. The van der Waals surface area contributed by atoms with Crippen molar-refractivity contribution in [1.29, 1.82) is 0 Å². The van der Waals surface area contributed by atoms with E-state index in [4.69, 9.17) is 15.6 Å². The molecule has 0 bridgehead atoms. The number of hydrogen-bond donors (Lipinski definition) is 2. The average molecular weight is 265 g/mol. The number of piperazine rings is 1. The first-order valence-electron chi connectivity index (χ1n) is 6.69. The van der Waals surface area contributed by atoms with Crippen LogP contribution in [0.4, 0.5) is 11.4 Å². The zero-order valence-electron chi connectivity index (χ0n) is 11.7. The van der Waals surface area contributed by atoms with E-state index in [1.165, 1.54) is 0 Å². The van der Waals surface area contributed by atoms with Gasteiger partial charge in [0.1, 0.15) is 5.75 Å². The summed E-state index contributed by atoms with van der Waals surface area (Å²) in [6.07, 6.45) is 0. The van der Waals surface area contributed by atoms with Crippen LogP contribution < -0.4 is 15.4 Å². The van der Waals surface area contributed by atoms with Gasteiger partial charge < -0.3 is 20.5 Å². The summed E-state index contributed by atoms with van der Waals surface area (Å²) in [4.78, 5) is 4.64. The normalized spacial score (nSPS) is 20.6. The van der Waals surface area contributed by atoms with Gasteiger partial charge in [-0.05, 0) is 19.1 Å². The van der Waals surface area contributed by atoms with Gasteiger partial charge >= 0.3 is 0 Å². The third-order valence-corrected chi connectivity index (χ3v) is 3.73. The van der Waals surface area contributed by atoms with Gasteiger partial charge in [0.2, 0.25) is 0 Å². The molecule has 2 rings (SSSR count). The fraction of sp³-hybridized carbons (Fsp3) is 0.571. The molecule has 1 aliphatic heterocycles. The Balaban J connectivity index is 2.07. The number of anilines is 2. The van der Waals surface area contributed by atoms with Crippen molar-refractivity contribution in [2.75, 3.05) is 50.5 Å². The number of β-amino-alcohol motifs (C(OH)–C–C–N with tert-alkyl or cyclic N) is 1. The maximum Gasteiger partial charge on any atom is 0.143 e. The largest absolute Gasteiger partial charge is 0.495 e. The zero-order chi connectivity index (χ0) is 13.8. The molecule has 1 fully saturated rings. The van der Waals surface area contributed by atoms with E-state index in [1.54, 1.807) is 7.11 Å². The van der Waals surface area contributed by atoms with Crippen LogP contribution in [0.2, 0.25) is 0 Å². The van der Waals surface area contributed by atoms with E-state index in [1.807, 2.05) is 18.2 Å². The van der Waals surface area contributed by atoms with Crippen LogP contribution >= 0.6 is 0 Å². The molecular weight excluding hydrogens is 242 g/mol. The molecule has 3 N–H and O–H groups in total. The van der Waals surface area contributed by atoms with Crippen LogP contribution in [0.15, 0.2) is 18.2 Å². The summed E-state index contributed by atoms with van der Waals surface area (Å²) in [7, 11) is 1.64. The van der Waals surface area contributed by atoms with Crippen molar-refractivity contribution in [3.63, 3.8) is 0 Å². The summed E-state index contributed by atoms with van der Waals surface area (Å²) in [6, 6.07) is 6.35. The van der Waals surface area contributed by atoms with E-state index in [0.717, 1.165) is 37.6 Å². The van der Waals surface area contributed by atoms with Crippen LogP contribution in [0, 0.1) is 0 Å². The van der Waals surface area contributed by atoms with Gasteiger partial charge in [0, 0.05) is 44.0 Å². The predicted molar refractivity (Wildman–Crippen MR) is 77.7 cm³/mol. The zero-order valence-corrected chi connectivity index (χ0v) is 11.7. The minimum Gasteiger partial charge on any atom is -0.495 e. The van der Waals surface area contributed by atoms with E-state index >= 15 is 0 Å². The summed E-state index contributed by atoms with van der Waals surface area (Å²) < 4.78 is 5.27. The molecule has 0 radical (unpaired) electrons. The first kappa shape index (κ1) is 14.0. The molecule has 0 aliphatic carbocycles. The summed E-state index contributed by atoms with van der Waals surface area (Å²) in [5.74, 6) is 0.725. The third-order valence-electron chi connectivity index (χ3n) is 3.73. The first-order chi connectivity index (χ1) is 9.15. The Morgan fingerprint density at radius 3 is 2.84 bits per heavy atom. The van der Waals surface area contributed by atoms with Crippen molar-refractivity contribution in [2.24, 2.45) is 0 Å². The second-order valence-corrected chi connectivity index (χ2v) is 4.98. The van der Waals surface area contributed by atoms with Gasteiger partial charge in [-0.15, -0.1) is 0 Å². The molecule has 5 heteroatoms. The molecule has 1 heterocycles. The van der Waals surface area contributed by atoms with Gasteiger partial charge in [0.25, 0.3) is 0 Å². The van der Waals surface area contributed by atoms with E-state index < -0.39 is 0 Å². The first-order valence-corrected chi connectivity index (χ1v) is 6.69. The van der Waals surface area contributed by atoms with Crippen molar-refractivity contribution >= 4 is 11.4 Å². The molecule has 106 valence electrons. The second kappa shape index (κ2) is 6.12. The van der Waals surface area contributed by atoms with E-state index in [-0.39, 0.29) is 6.61 Å². The van der Waals surface area contributed by atoms with Gasteiger partial charge in [0.05, 0.1) is 19.4 Å². The number of benzene rings is 1. The fourth-order valence-electron chi connectivity index (χ4n) is 2.59. The van der Waals surface area contributed by atoms with E-state index in [9.17, 15) is 0 Å². The molecule has 1 saturated heterocycles. The quantitative estimate of drug-likeness (QED) is 0.788. The van der Waals surface area contributed by atoms with E-state index in [2.05, 4.69) is 16.7 Å². The highest BCUT2D eigenvalue weighted by molar-refractivity contribution is 5.62. The SMILES string of the molecule is COc1cc(N2CCN(CCO)[C@@H](C)C2)ccc1N. The lowest BCUT2D eigenvalue weighted by Crippen LogP contribution is -2.52. The lowest BCUT2D eigenvalue weighted by atomic mass is 10.1. The van der Waals surface area contributed by atoms with Crippen molar-refractivity contribution in [3.05, 3.63) is 18.2 Å². The molecule has 5 nitrogen and oxygen atoms in total. The highest BCUT2D eigenvalue weighted by Gasteiger charge is 2.23. The van der Waals surface area contributed by atoms with Crippen LogP contribution in [0.25, 0.3) is 0 Å². The molecule has 1 aromatic rings. The van der Waals surface area contributed by atoms with Gasteiger partial charge in [-0.1, -0.05) is 0 Å². The Kier molecular flexibility index (Phi) is 4.50. The smallest absolute Gasteiger partial charge is 0.143 e. The number of aliphatic hydroxyl groups excluding tert-OH is 1. The Morgan fingerprint density at radius 1 is 1.42 bits per heavy atom. The predicted octanol–water partition coefficient (Wildman–Crippen LogP) is 0.780. The lowest BCUT2D eigenvalue weighted by molar-refractivity contribution is 0.146. The number of nitrogen functional groups attached to an aromatic ring is 1. The highest BCUT2D eigenvalue weighted by atomic mass is 16.5. The number of nitrogens with zero attached hydrogens (tertiary/aromatic N) is 2.